The van der Waals surface area contributed by atoms with Gasteiger partial charge in [0.15, 0.2) is 0 Å². The minimum Gasteiger partial charge on any atom is -0.481 e. The average Bonchev–Trinajstić information content (AvgIpc) is 3.11. The number of amides is 1. The second kappa shape index (κ2) is 9.22. The molecule has 0 unspecified atom stereocenters. The molecular formula is C24H20BrNO5. The summed E-state index contributed by atoms with van der Waals surface area (Å²) in [5, 5.41) is 9.01. The van der Waals surface area contributed by atoms with Crippen molar-refractivity contribution in [3.8, 4) is 11.5 Å². The van der Waals surface area contributed by atoms with Crippen LogP contribution in [-0.4, -0.2) is 28.6 Å². The molecule has 6 nitrogen and oxygen atoms in total. The van der Waals surface area contributed by atoms with Gasteiger partial charge in [-0.05, 0) is 41.5 Å². The van der Waals surface area contributed by atoms with Crippen LogP contribution in [0.2, 0.25) is 0 Å². The first-order chi connectivity index (χ1) is 15.0. The Morgan fingerprint density at radius 3 is 2.68 bits per heavy atom. The van der Waals surface area contributed by atoms with Crippen molar-refractivity contribution in [3.05, 3.63) is 94.0 Å². The number of carbonyl (C=O) groups is 2. The summed E-state index contributed by atoms with van der Waals surface area (Å²) in [5.74, 6) is 0.224. The lowest BCUT2D eigenvalue weighted by Gasteiger charge is -2.17. The van der Waals surface area contributed by atoms with Gasteiger partial charge < -0.3 is 14.6 Å². The van der Waals surface area contributed by atoms with E-state index in [1.165, 1.54) is 0 Å². The number of aliphatic carboxylic acids is 1. The van der Waals surface area contributed by atoms with Crippen LogP contribution in [0.25, 0.3) is 0 Å². The fraction of sp³-hybridized carbons (Fsp3) is 0.167. The summed E-state index contributed by atoms with van der Waals surface area (Å²) in [6.45, 7) is 0.772. The molecule has 1 aliphatic heterocycles. The molecular weight excluding hydrogens is 462 g/mol. The first kappa shape index (κ1) is 20.9. The topological polar surface area (TPSA) is 76.1 Å². The fourth-order valence-electron chi connectivity index (χ4n) is 3.48. The summed E-state index contributed by atoms with van der Waals surface area (Å²) in [6.07, 6.45) is -0.758. The van der Waals surface area contributed by atoms with Gasteiger partial charge in [-0.3, -0.25) is 9.69 Å². The van der Waals surface area contributed by atoms with Crippen LogP contribution in [0.3, 0.4) is 0 Å². The van der Waals surface area contributed by atoms with Crippen LogP contribution in [0.4, 0.5) is 4.79 Å². The van der Waals surface area contributed by atoms with Crippen molar-refractivity contribution in [1.82, 2.24) is 4.90 Å². The molecule has 1 N–H and O–H groups in total. The molecule has 7 heteroatoms. The first-order valence-electron chi connectivity index (χ1n) is 9.75. The number of nitrogens with zero attached hydrogens (tertiary/aromatic N) is 1. The Hall–Kier alpha value is -3.32. The van der Waals surface area contributed by atoms with Crippen LogP contribution in [0.15, 0.2) is 77.3 Å². The number of ether oxygens (including phenoxy) is 2. The molecule has 1 atom stereocenters. The maximum atomic E-state index is 12.5. The predicted molar refractivity (Wildman–Crippen MR) is 118 cm³/mol. The molecule has 1 saturated heterocycles. The highest BCUT2D eigenvalue weighted by Gasteiger charge is 2.32. The molecule has 4 rings (SSSR count). The molecule has 0 aromatic heterocycles. The van der Waals surface area contributed by atoms with Crippen molar-refractivity contribution in [2.75, 3.05) is 6.54 Å². The number of carbonyl (C=O) groups excluding carboxylic acids is 1. The van der Waals surface area contributed by atoms with Gasteiger partial charge in [0.1, 0.15) is 17.6 Å². The summed E-state index contributed by atoms with van der Waals surface area (Å²) in [7, 11) is 0. The first-order valence-corrected chi connectivity index (χ1v) is 10.5. The zero-order valence-corrected chi connectivity index (χ0v) is 18.1. The number of carboxylic acids is 1. The van der Waals surface area contributed by atoms with Gasteiger partial charge in [0.25, 0.3) is 0 Å². The monoisotopic (exact) mass is 481 g/mol. The zero-order chi connectivity index (χ0) is 21.8. The predicted octanol–water partition coefficient (Wildman–Crippen LogP) is 5.56. The number of carboxylic acid groups (broad SMARTS) is 1. The molecule has 1 aliphatic rings. The van der Waals surface area contributed by atoms with E-state index < -0.39 is 5.97 Å². The van der Waals surface area contributed by atoms with Crippen molar-refractivity contribution in [2.45, 2.75) is 19.1 Å². The van der Waals surface area contributed by atoms with E-state index in [1.807, 2.05) is 48.5 Å². The van der Waals surface area contributed by atoms with Crippen LogP contribution < -0.4 is 4.74 Å². The molecule has 0 saturated carbocycles. The number of rotatable bonds is 7. The van der Waals surface area contributed by atoms with E-state index in [-0.39, 0.29) is 18.6 Å². The van der Waals surface area contributed by atoms with Crippen LogP contribution in [0.1, 0.15) is 22.8 Å². The Bertz CT molecular complexity index is 1100. The normalized spacial score (nSPS) is 15.6. The Morgan fingerprint density at radius 2 is 1.90 bits per heavy atom. The molecule has 1 amide bonds. The molecule has 3 aromatic carbocycles. The van der Waals surface area contributed by atoms with Gasteiger partial charge in [0.05, 0.1) is 19.5 Å². The van der Waals surface area contributed by atoms with Crippen LogP contribution in [-0.2, 0) is 22.5 Å². The quantitative estimate of drug-likeness (QED) is 0.477. The van der Waals surface area contributed by atoms with Crippen molar-refractivity contribution in [1.29, 1.82) is 0 Å². The van der Waals surface area contributed by atoms with E-state index in [2.05, 4.69) is 15.9 Å². The third-order valence-corrected chi connectivity index (χ3v) is 5.42. The third-order valence-electron chi connectivity index (χ3n) is 4.92. The molecule has 1 heterocycles. The number of halogens is 1. The van der Waals surface area contributed by atoms with E-state index in [0.29, 0.717) is 30.2 Å². The second-order valence-corrected chi connectivity index (χ2v) is 8.15. The highest BCUT2D eigenvalue weighted by atomic mass is 79.9. The number of hydrogen-bond acceptors (Lipinski definition) is 4. The Balaban J connectivity index is 1.52. The van der Waals surface area contributed by atoms with Gasteiger partial charge in [-0.25, -0.2) is 4.79 Å². The minimum atomic E-state index is -0.901. The molecule has 0 radical (unpaired) electrons. The summed E-state index contributed by atoms with van der Waals surface area (Å²) < 4.78 is 12.5. The standard InChI is InChI=1S/C24H20BrNO5/c25-19-9-10-21(30-20-8-4-5-16(11-20)12-23(27)28)18(13-19)14-26-15-22(31-24(26)29)17-6-2-1-3-7-17/h1-11,13,22H,12,14-15H2,(H,27,28)/t22-/m1/s1. The third kappa shape index (κ3) is 5.24. The van der Waals surface area contributed by atoms with Gasteiger partial charge >= 0.3 is 12.1 Å². The van der Waals surface area contributed by atoms with Gasteiger partial charge in [-0.1, -0.05) is 58.4 Å². The van der Waals surface area contributed by atoms with Gasteiger partial charge in [-0.15, -0.1) is 0 Å². The minimum absolute atomic E-state index is 0.0785. The highest BCUT2D eigenvalue weighted by Crippen LogP contribution is 2.32. The lowest BCUT2D eigenvalue weighted by molar-refractivity contribution is -0.136. The lowest BCUT2D eigenvalue weighted by Crippen LogP contribution is -2.24. The van der Waals surface area contributed by atoms with Crippen molar-refractivity contribution in [3.63, 3.8) is 0 Å². The van der Waals surface area contributed by atoms with E-state index in [1.54, 1.807) is 29.2 Å². The second-order valence-electron chi connectivity index (χ2n) is 7.24. The average molecular weight is 482 g/mol. The SMILES string of the molecule is O=C(O)Cc1cccc(Oc2ccc(Br)cc2CN2C[C@H](c3ccccc3)OC2=O)c1. The van der Waals surface area contributed by atoms with E-state index >= 15 is 0 Å². The van der Waals surface area contributed by atoms with Gasteiger partial charge in [-0.2, -0.15) is 0 Å². The molecule has 0 spiro atoms. The summed E-state index contributed by atoms with van der Waals surface area (Å²) in [5.41, 5.74) is 2.42. The maximum absolute atomic E-state index is 12.5. The summed E-state index contributed by atoms with van der Waals surface area (Å²) in [6, 6.07) is 22.2. The Kier molecular flexibility index (Phi) is 6.23. The van der Waals surface area contributed by atoms with Crippen LogP contribution >= 0.6 is 15.9 Å². The Morgan fingerprint density at radius 1 is 1.10 bits per heavy atom. The molecule has 0 bridgehead atoms. The highest BCUT2D eigenvalue weighted by molar-refractivity contribution is 9.10. The summed E-state index contributed by atoms with van der Waals surface area (Å²) in [4.78, 5) is 25.1. The fourth-order valence-corrected chi connectivity index (χ4v) is 3.88. The zero-order valence-electron chi connectivity index (χ0n) is 16.5. The number of cyclic esters (lactones) is 1. The maximum Gasteiger partial charge on any atom is 0.410 e. The van der Waals surface area contributed by atoms with E-state index in [4.69, 9.17) is 14.6 Å². The van der Waals surface area contributed by atoms with E-state index in [9.17, 15) is 9.59 Å². The molecule has 31 heavy (non-hydrogen) atoms. The van der Waals surface area contributed by atoms with Gasteiger partial charge in [0, 0.05) is 10.0 Å². The smallest absolute Gasteiger partial charge is 0.410 e. The molecule has 3 aromatic rings. The van der Waals surface area contributed by atoms with Crippen LogP contribution in [0.5, 0.6) is 11.5 Å². The largest absolute Gasteiger partial charge is 0.481 e. The van der Waals surface area contributed by atoms with Crippen LogP contribution in [0, 0.1) is 0 Å². The number of hydrogen-bond donors (Lipinski definition) is 1. The number of benzene rings is 3. The molecule has 1 fully saturated rings. The molecule has 158 valence electrons. The van der Waals surface area contributed by atoms with Crippen molar-refractivity contribution >= 4 is 28.0 Å². The van der Waals surface area contributed by atoms with Crippen molar-refractivity contribution < 1.29 is 24.2 Å². The van der Waals surface area contributed by atoms with Gasteiger partial charge in [0.2, 0.25) is 0 Å². The Labute approximate surface area is 188 Å². The summed E-state index contributed by atoms with van der Waals surface area (Å²) >= 11 is 3.48. The van der Waals surface area contributed by atoms with E-state index in [0.717, 1.165) is 15.6 Å². The lowest BCUT2D eigenvalue weighted by atomic mass is 10.1. The molecule has 0 aliphatic carbocycles. The van der Waals surface area contributed by atoms with Crippen molar-refractivity contribution in [2.24, 2.45) is 0 Å².